The fourth-order valence-electron chi connectivity index (χ4n) is 4.26. The van der Waals surface area contributed by atoms with Gasteiger partial charge in [-0.3, -0.25) is 0 Å². The molecule has 0 aliphatic rings. The normalized spacial score (nSPS) is 11.7. The summed E-state index contributed by atoms with van der Waals surface area (Å²) in [6.07, 6.45) is 38.5. The number of hydrogen-bond donors (Lipinski definition) is 0. The first-order chi connectivity index (χ1) is 14.8. The largest absolute Gasteiger partial charge is 0.103 e. The summed E-state index contributed by atoms with van der Waals surface area (Å²) in [4.78, 5) is 0. The third-order valence-electron chi connectivity index (χ3n) is 6.30. The van der Waals surface area contributed by atoms with Crippen LogP contribution in [-0.4, -0.2) is 0 Å². The van der Waals surface area contributed by atoms with Crippen LogP contribution in [-0.2, 0) is 0 Å². The van der Waals surface area contributed by atoms with Crippen molar-refractivity contribution < 1.29 is 0 Å². The molecule has 0 aromatic carbocycles. The molecule has 0 nitrogen and oxygen atoms in total. The summed E-state index contributed by atoms with van der Waals surface area (Å²) >= 11 is 0. The molecule has 0 amide bonds. The maximum absolute atomic E-state index is 3.82. The first kappa shape index (κ1) is 29.2. The molecule has 0 atom stereocenters. The second-order valence-corrected chi connectivity index (χ2v) is 9.32. The zero-order valence-electron chi connectivity index (χ0n) is 20.9. The minimum Gasteiger partial charge on any atom is -0.103 e. The van der Waals surface area contributed by atoms with E-state index in [2.05, 4.69) is 38.3 Å². The SMILES string of the molecule is C=CCCCCCCCCCCC(=CCCCCCC)CCCCCCCCC=C. The van der Waals surface area contributed by atoms with Crippen LogP contribution in [0.3, 0.4) is 0 Å². The van der Waals surface area contributed by atoms with Gasteiger partial charge in [-0.15, -0.1) is 13.2 Å². The van der Waals surface area contributed by atoms with Crippen molar-refractivity contribution in [2.45, 2.75) is 155 Å². The molecule has 0 aliphatic heterocycles. The van der Waals surface area contributed by atoms with Crippen molar-refractivity contribution in [3.05, 3.63) is 37.0 Å². The molecule has 0 heteroatoms. The van der Waals surface area contributed by atoms with Gasteiger partial charge in [0.1, 0.15) is 0 Å². The van der Waals surface area contributed by atoms with E-state index in [0.717, 1.165) is 0 Å². The first-order valence-corrected chi connectivity index (χ1v) is 13.7. The van der Waals surface area contributed by atoms with Gasteiger partial charge < -0.3 is 0 Å². The standard InChI is InChI=1S/C30H56/c1-4-7-10-13-15-17-18-20-23-26-29-30(27-24-21-12-9-6-3)28-25-22-19-16-14-11-8-5-2/h4-5,27H,1-2,6-26,28-29H2,3H3. The van der Waals surface area contributed by atoms with Gasteiger partial charge in [0.15, 0.2) is 0 Å². The highest BCUT2D eigenvalue weighted by molar-refractivity contribution is 5.02. The van der Waals surface area contributed by atoms with Crippen molar-refractivity contribution in [1.82, 2.24) is 0 Å². The molecule has 0 aliphatic carbocycles. The summed E-state index contributed by atoms with van der Waals surface area (Å²) in [5.41, 5.74) is 1.78. The molecule has 0 aromatic rings. The molecular weight excluding hydrogens is 360 g/mol. The van der Waals surface area contributed by atoms with Gasteiger partial charge in [0, 0.05) is 0 Å². The highest BCUT2D eigenvalue weighted by Crippen LogP contribution is 2.20. The molecule has 0 rings (SSSR count). The summed E-state index contributed by atoms with van der Waals surface area (Å²) in [6.45, 7) is 9.93. The van der Waals surface area contributed by atoms with Crippen LogP contribution in [0.15, 0.2) is 37.0 Å². The minimum atomic E-state index is 1.19. The molecular formula is C30H56. The average Bonchev–Trinajstić information content (AvgIpc) is 2.76. The van der Waals surface area contributed by atoms with Crippen LogP contribution in [0.1, 0.15) is 155 Å². The van der Waals surface area contributed by atoms with E-state index in [1.165, 1.54) is 148 Å². The van der Waals surface area contributed by atoms with Gasteiger partial charge in [-0.2, -0.15) is 0 Å². The maximum atomic E-state index is 3.82. The predicted octanol–water partition coefficient (Wildman–Crippen LogP) is 11.3. The van der Waals surface area contributed by atoms with E-state index in [1.54, 1.807) is 5.57 Å². The van der Waals surface area contributed by atoms with Gasteiger partial charge in [0.25, 0.3) is 0 Å². The van der Waals surface area contributed by atoms with Gasteiger partial charge >= 0.3 is 0 Å². The van der Waals surface area contributed by atoms with Crippen LogP contribution < -0.4 is 0 Å². The Kier molecular flexibility index (Phi) is 25.6. The van der Waals surface area contributed by atoms with Crippen LogP contribution in [0.4, 0.5) is 0 Å². The maximum Gasteiger partial charge on any atom is -0.0320 e. The fourth-order valence-corrected chi connectivity index (χ4v) is 4.26. The smallest absolute Gasteiger partial charge is 0.0320 e. The zero-order chi connectivity index (χ0) is 22.0. The minimum absolute atomic E-state index is 1.19. The molecule has 0 bridgehead atoms. The molecule has 0 fully saturated rings. The Labute approximate surface area is 191 Å². The molecule has 0 heterocycles. The van der Waals surface area contributed by atoms with Gasteiger partial charge in [-0.1, -0.05) is 114 Å². The Morgan fingerprint density at radius 2 is 0.833 bits per heavy atom. The van der Waals surface area contributed by atoms with Gasteiger partial charge in [-0.25, -0.2) is 0 Å². The highest BCUT2D eigenvalue weighted by atomic mass is 14.1. The Morgan fingerprint density at radius 1 is 0.467 bits per heavy atom. The van der Waals surface area contributed by atoms with E-state index >= 15 is 0 Å². The number of allylic oxidation sites excluding steroid dienone is 4. The summed E-state index contributed by atoms with van der Waals surface area (Å²) in [7, 11) is 0. The van der Waals surface area contributed by atoms with Crippen LogP contribution in [0.5, 0.6) is 0 Å². The summed E-state index contributed by atoms with van der Waals surface area (Å²) < 4.78 is 0. The predicted molar refractivity (Wildman–Crippen MR) is 140 cm³/mol. The van der Waals surface area contributed by atoms with Crippen molar-refractivity contribution in [3.8, 4) is 0 Å². The Balaban J connectivity index is 3.86. The van der Waals surface area contributed by atoms with E-state index in [1.807, 2.05) is 0 Å². The van der Waals surface area contributed by atoms with Gasteiger partial charge in [-0.05, 0) is 64.2 Å². The van der Waals surface area contributed by atoms with E-state index in [-0.39, 0.29) is 0 Å². The number of unbranched alkanes of at least 4 members (excludes halogenated alkanes) is 18. The first-order valence-electron chi connectivity index (χ1n) is 13.7. The molecule has 0 aromatic heterocycles. The Hall–Kier alpha value is -0.780. The molecule has 176 valence electrons. The van der Waals surface area contributed by atoms with E-state index in [9.17, 15) is 0 Å². The lowest BCUT2D eigenvalue weighted by atomic mass is 9.97. The lowest BCUT2D eigenvalue weighted by Gasteiger charge is -2.09. The zero-order valence-corrected chi connectivity index (χ0v) is 20.9. The van der Waals surface area contributed by atoms with Gasteiger partial charge in [0.2, 0.25) is 0 Å². The molecule has 0 spiro atoms. The van der Waals surface area contributed by atoms with E-state index < -0.39 is 0 Å². The van der Waals surface area contributed by atoms with E-state index in [4.69, 9.17) is 0 Å². The third-order valence-corrected chi connectivity index (χ3v) is 6.30. The van der Waals surface area contributed by atoms with Crippen molar-refractivity contribution in [1.29, 1.82) is 0 Å². The summed E-state index contributed by atoms with van der Waals surface area (Å²) in [5.74, 6) is 0. The average molecular weight is 417 g/mol. The van der Waals surface area contributed by atoms with Crippen LogP contribution in [0.25, 0.3) is 0 Å². The molecule has 0 N–H and O–H groups in total. The van der Waals surface area contributed by atoms with Crippen molar-refractivity contribution in [2.24, 2.45) is 0 Å². The van der Waals surface area contributed by atoms with Crippen LogP contribution in [0.2, 0.25) is 0 Å². The second kappa shape index (κ2) is 26.3. The number of hydrogen-bond acceptors (Lipinski definition) is 0. The van der Waals surface area contributed by atoms with Crippen molar-refractivity contribution in [3.63, 3.8) is 0 Å². The monoisotopic (exact) mass is 416 g/mol. The highest BCUT2D eigenvalue weighted by Gasteiger charge is 2.00. The van der Waals surface area contributed by atoms with E-state index in [0.29, 0.717) is 0 Å². The van der Waals surface area contributed by atoms with Gasteiger partial charge in [0.05, 0.1) is 0 Å². The lowest BCUT2D eigenvalue weighted by molar-refractivity contribution is 0.560. The topological polar surface area (TPSA) is 0 Å². The third kappa shape index (κ3) is 23.5. The second-order valence-electron chi connectivity index (χ2n) is 9.32. The Morgan fingerprint density at radius 3 is 1.27 bits per heavy atom. The van der Waals surface area contributed by atoms with Crippen LogP contribution in [0, 0.1) is 0 Å². The molecule has 0 unspecified atom stereocenters. The summed E-state index contributed by atoms with van der Waals surface area (Å²) in [6, 6.07) is 0. The van der Waals surface area contributed by atoms with Crippen molar-refractivity contribution in [2.75, 3.05) is 0 Å². The van der Waals surface area contributed by atoms with Crippen molar-refractivity contribution >= 4 is 0 Å². The molecule has 0 saturated heterocycles. The molecule has 30 heavy (non-hydrogen) atoms. The molecule has 0 radical (unpaired) electrons. The number of rotatable bonds is 25. The van der Waals surface area contributed by atoms with Crippen LogP contribution >= 0.6 is 0 Å². The quantitative estimate of drug-likeness (QED) is 0.102. The lowest BCUT2D eigenvalue weighted by Crippen LogP contribution is -1.89. The Bertz CT molecular complexity index is 375. The summed E-state index contributed by atoms with van der Waals surface area (Å²) in [5, 5.41) is 0. The molecule has 0 saturated carbocycles. The fraction of sp³-hybridized carbons (Fsp3) is 0.800.